The fourth-order valence-corrected chi connectivity index (χ4v) is 6.88. The van der Waals surface area contributed by atoms with Crippen LogP contribution in [0.15, 0.2) is 48.5 Å². The van der Waals surface area contributed by atoms with Gasteiger partial charge in [-0.15, -0.1) is 0 Å². The highest BCUT2D eigenvalue weighted by molar-refractivity contribution is 6.04. The third-order valence-electron chi connectivity index (χ3n) is 8.60. The van der Waals surface area contributed by atoms with E-state index in [1.165, 1.54) is 0 Å². The summed E-state index contributed by atoms with van der Waals surface area (Å²) in [4.78, 5) is 43.4. The molecule has 2 aromatic carbocycles. The number of anilines is 1. The second kappa shape index (κ2) is 10.7. The molecule has 208 valence electrons. The van der Waals surface area contributed by atoms with Gasteiger partial charge in [0, 0.05) is 12.2 Å². The Morgan fingerprint density at radius 3 is 2.56 bits per heavy atom. The van der Waals surface area contributed by atoms with Crippen molar-refractivity contribution < 1.29 is 24.2 Å². The van der Waals surface area contributed by atoms with Crippen molar-refractivity contribution in [1.82, 2.24) is 10.2 Å². The van der Waals surface area contributed by atoms with Gasteiger partial charge in [-0.3, -0.25) is 14.4 Å². The molecule has 2 aromatic rings. The summed E-state index contributed by atoms with van der Waals surface area (Å²) in [6, 6.07) is 14.0. The van der Waals surface area contributed by atoms with Crippen LogP contribution >= 0.6 is 0 Å². The normalized spacial score (nSPS) is 28.1. The van der Waals surface area contributed by atoms with Crippen molar-refractivity contribution in [3.63, 3.8) is 0 Å². The summed E-state index contributed by atoms with van der Waals surface area (Å²) in [6.45, 7) is 8.01. The standard InChI is InChI=1S/C31H39N3O5/c1-18(2)14-22(17-35)34-27(29(37)33-23-15-19(3)10-11-20(23)4)31-13-12-24(39-31)25(26(31)30(34)38)28(36)32-16-21-8-6-5-7-9-21/h5-11,15,18,22,24-27,35H,12-14,16-17H2,1-4H3,(H,32,36)(H,33,37)/t22-,24+,25-,26+,27?,31?/m1/s1. The Labute approximate surface area is 230 Å². The van der Waals surface area contributed by atoms with Crippen molar-refractivity contribution in [3.05, 3.63) is 65.2 Å². The number of benzene rings is 2. The highest BCUT2D eigenvalue weighted by Gasteiger charge is 2.75. The van der Waals surface area contributed by atoms with Gasteiger partial charge in [0.15, 0.2) is 0 Å². The molecule has 3 aliphatic rings. The number of rotatable bonds is 9. The van der Waals surface area contributed by atoms with E-state index in [1.807, 2.05) is 76.2 Å². The first kappa shape index (κ1) is 27.3. The van der Waals surface area contributed by atoms with Crippen molar-refractivity contribution >= 4 is 23.4 Å². The molecule has 8 heteroatoms. The van der Waals surface area contributed by atoms with E-state index in [2.05, 4.69) is 10.6 Å². The number of hydrogen-bond acceptors (Lipinski definition) is 5. The second-order valence-electron chi connectivity index (χ2n) is 11.8. The third kappa shape index (κ3) is 4.85. The summed E-state index contributed by atoms with van der Waals surface area (Å²) in [5.74, 6) is -2.12. The molecule has 0 saturated carbocycles. The number of ether oxygens (including phenoxy) is 1. The number of nitrogens with one attached hydrogen (secondary N) is 2. The Morgan fingerprint density at radius 1 is 1.13 bits per heavy atom. The Morgan fingerprint density at radius 2 is 1.87 bits per heavy atom. The lowest BCUT2D eigenvalue weighted by Crippen LogP contribution is -2.56. The molecule has 3 amide bonds. The molecule has 2 unspecified atom stereocenters. The minimum Gasteiger partial charge on any atom is -0.394 e. The first-order valence-electron chi connectivity index (χ1n) is 14.0. The predicted octanol–water partition coefficient (Wildman–Crippen LogP) is 3.34. The number of likely N-dealkylation sites (tertiary alicyclic amines) is 1. The van der Waals surface area contributed by atoms with Crippen LogP contribution in [0, 0.1) is 31.6 Å². The molecule has 5 rings (SSSR count). The van der Waals surface area contributed by atoms with Crippen molar-refractivity contribution in [1.29, 1.82) is 0 Å². The van der Waals surface area contributed by atoms with Crippen LogP contribution in [0.1, 0.15) is 49.8 Å². The van der Waals surface area contributed by atoms with E-state index >= 15 is 0 Å². The number of nitrogens with zero attached hydrogens (tertiary/aromatic N) is 1. The van der Waals surface area contributed by atoms with E-state index in [9.17, 15) is 19.5 Å². The number of amides is 3. The van der Waals surface area contributed by atoms with Gasteiger partial charge in [-0.25, -0.2) is 0 Å². The number of hydrogen-bond donors (Lipinski definition) is 3. The minimum atomic E-state index is -1.11. The maximum Gasteiger partial charge on any atom is 0.250 e. The first-order valence-corrected chi connectivity index (χ1v) is 14.0. The average molecular weight is 534 g/mol. The van der Waals surface area contributed by atoms with Gasteiger partial charge in [0.25, 0.3) is 0 Å². The summed E-state index contributed by atoms with van der Waals surface area (Å²) in [5.41, 5.74) is 2.46. The fraction of sp³-hybridized carbons (Fsp3) is 0.516. The summed E-state index contributed by atoms with van der Waals surface area (Å²) in [6.07, 6.45) is 1.22. The summed E-state index contributed by atoms with van der Waals surface area (Å²) < 4.78 is 6.53. The smallest absolute Gasteiger partial charge is 0.250 e. The molecular formula is C31H39N3O5. The average Bonchev–Trinajstić information content (AvgIpc) is 3.56. The van der Waals surface area contributed by atoms with E-state index in [-0.39, 0.29) is 30.2 Å². The number of aliphatic hydroxyl groups excluding tert-OH is 1. The zero-order chi connectivity index (χ0) is 27.9. The second-order valence-corrected chi connectivity index (χ2v) is 11.8. The van der Waals surface area contributed by atoms with E-state index in [4.69, 9.17) is 4.74 Å². The SMILES string of the molecule is Cc1ccc(C)c(NC(=O)C2N([C@@H](CO)CC(C)C)C(=O)[C@@H]3[C@H](C(=O)NCc4ccccc4)[C@@H]4CCC23O4)c1. The molecule has 39 heavy (non-hydrogen) atoms. The van der Waals surface area contributed by atoms with Crippen LogP contribution in [-0.4, -0.2) is 58.1 Å². The van der Waals surface area contributed by atoms with Gasteiger partial charge in [0.1, 0.15) is 11.6 Å². The number of fused-ring (bicyclic) bond motifs is 1. The fourth-order valence-electron chi connectivity index (χ4n) is 6.88. The highest BCUT2D eigenvalue weighted by Crippen LogP contribution is 2.59. The maximum absolute atomic E-state index is 14.2. The van der Waals surface area contributed by atoms with Gasteiger partial charge in [-0.2, -0.15) is 0 Å². The lowest BCUT2D eigenvalue weighted by atomic mass is 9.70. The van der Waals surface area contributed by atoms with Gasteiger partial charge in [-0.05, 0) is 61.8 Å². The predicted molar refractivity (Wildman–Crippen MR) is 148 cm³/mol. The van der Waals surface area contributed by atoms with Crippen LogP contribution < -0.4 is 10.6 Å². The molecule has 3 saturated heterocycles. The summed E-state index contributed by atoms with van der Waals surface area (Å²) in [7, 11) is 0. The molecule has 0 aromatic heterocycles. The zero-order valence-electron chi connectivity index (χ0n) is 23.1. The number of carbonyl (C=O) groups is 3. The largest absolute Gasteiger partial charge is 0.394 e. The Kier molecular flexibility index (Phi) is 7.53. The van der Waals surface area contributed by atoms with Gasteiger partial charge < -0.3 is 25.4 Å². The van der Waals surface area contributed by atoms with Gasteiger partial charge in [0.05, 0.1) is 30.6 Å². The monoisotopic (exact) mass is 533 g/mol. The van der Waals surface area contributed by atoms with Crippen molar-refractivity contribution in [2.24, 2.45) is 17.8 Å². The molecule has 8 nitrogen and oxygen atoms in total. The minimum absolute atomic E-state index is 0.192. The third-order valence-corrected chi connectivity index (χ3v) is 8.60. The lowest BCUT2D eigenvalue weighted by Gasteiger charge is -2.37. The molecular weight excluding hydrogens is 494 g/mol. The summed E-state index contributed by atoms with van der Waals surface area (Å²) >= 11 is 0. The van der Waals surface area contributed by atoms with E-state index < -0.39 is 35.6 Å². The van der Waals surface area contributed by atoms with Gasteiger partial charge in [-0.1, -0.05) is 56.3 Å². The number of aryl methyl sites for hydroxylation is 2. The highest BCUT2D eigenvalue weighted by atomic mass is 16.5. The molecule has 0 aliphatic carbocycles. The van der Waals surface area contributed by atoms with Crippen molar-refractivity contribution in [2.45, 2.75) is 77.3 Å². The molecule has 3 N–H and O–H groups in total. The molecule has 1 spiro atoms. The van der Waals surface area contributed by atoms with Gasteiger partial charge >= 0.3 is 0 Å². The molecule has 3 aliphatic heterocycles. The lowest BCUT2D eigenvalue weighted by molar-refractivity contribution is -0.144. The number of aliphatic hydroxyl groups is 1. The molecule has 3 heterocycles. The van der Waals surface area contributed by atoms with Crippen LogP contribution in [0.4, 0.5) is 5.69 Å². The van der Waals surface area contributed by atoms with Crippen LogP contribution in [-0.2, 0) is 25.7 Å². The van der Waals surface area contributed by atoms with E-state index in [1.54, 1.807) is 4.90 Å². The van der Waals surface area contributed by atoms with Gasteiger partial charge in [0.2, 0.25) is 17.7 Å². The van der Waals surface area contributed by atoms with Crippen molar-refractivity contribution in [3.8, 4) is 0 Å². The molecule has 2 bridgehead atoms. The Balaban J connectivity index is 1.48. The van der Waals surface area contributed by atoms with E-state index in [0.29, 0.717) is 31.5 Å². The zero-order valence-corrected chi connectivity index (χ0v) is 23.1. The maximum atomic E-state index is 14.2. The molecule has 0 radical (unpaired) electrons. The molecule has 3 fully saturated rings. The Bertz CT molecular complexity index is 1250. The summed E-state index contributed by atoms with van der Waals surface area (Å²) in [5, 5.41) is 16.5. The van der Waals surface area contributed by atoms with E-state index in [0.717, 1.165) is 16.7 Å². The number of carbonyl (C=O) groups excluding carboxylic acids is 3. The van der Waals surface area contributed by atoms with Crippen molar-refractivity contribution in [2.75, 3.05) is 11.9 Å². The van der Waals surface area contributed by atoms with Crippen LogP contribution in [0.2, 0.25) is 0 Å². The molecule has 6 atom stereocenters. The first-order chi connectivity index (χ1) is 18.7. The van der Waals surface area contributed by atoms with Crippen LogP contribution in [0.5, 0.6) is 0 Å². The van der Waals surface area contributed by atoms with Crippen LogP contribution in [0.3, 0.4) is 0 Å². The quantitative estimate of drug-likeness (QED) is 0.458. The van der Waals surface area contributed by atoms with Crippen LogP contribution in [0.25, 0.3) is 0 Å². The topological polar surface area (TPSA) is 108 Å². The Hall–Kier alpha value is -3.23.